The molecule has 0 saturated carbocycles. The standard InChI is InChI=1S/3C20H23N2Si.Ir/c3*1-15-13-18(23(3,4)5)14-16(2)19(15)22-12-11-21-20(22)17-9-7-6-8-10-17;/h3*6-9,11-14H,1-5H3;/q3*-1;+3. The van der Waals surface area contributed by atoms with Crippen molar-refractivity contribution in [2.24, 2.45) is 0 Å². The first-order valence-corrected chi connectivity index (χ1v) is 34.5. The zero-order valence-corrected chi connectivity index (χ0v) is 49.3. The van der Waals surface area contributed by atoms with E-state index in [0.717, 1.165) is 34.2 Å². The molecule has 0 fully saturated rings. The Morgan fingerprint density at radius 2 is 0.586 bits per heavy atom. The molecule has 0 aliphatic rings. The Morgan fingerprint density at radius 1 is 0.357 bits per heavy atom. The van der Waals surface area contributed by atoms with Gasteiger partial charge in [0.05, 0.1) is 41.7 Å². The summed E-state index contributed by atoms with van der Waals surface area (Å²) in [7, 11) is -3.94. The van der Waals surface area contributed by atoms with Crippen molar-refractivity contribution in [3.8, 4) is 51.2 Å². The first kappa shape index (κ1) is 53.6. The minimum absolute atomic E-state index is 0. The van der Waals surface area contributed by atoms with Gasteiger partial charge in [-0.15, -0.1) is 108 Å². The Hall–Kier alpha value is -5.75. The minimum Gasteiger partial charge on any atom is -0.340 e. The van der Waals surface area contributed by atoms with E-state index >= 15 is 0 Å². The van der Waals surface area contributed by atoms with Crippen molar-refractivity contribution in [1.82, 2.24) is 28.7 Å². The van der Waals surface area contributed by atoms with Crippen molar-refractivity contribution in [3.63, 3.8) is 0 Å². The molecule has 0 N–H and O–H groups in total. The first-order valence-electron chi connectivity index (χ1n) is 24.0. The van der Waals surface area contributed by atoms with Crippen molar-refractivity contribution in [2.75, 3.05) is 0 Å². The van der Waals surface area contributed by atoms with Crippen LogP contribution < -0.4 is 15.6 Å². The predicted molar refractivity (Wildman–Crippen MR) is 301 cm³/mol. The third-order valence-electron chi connectivity index (χ3n) is 12.6. The van der Waals surface area contributed by atoms with Crippen molar-refractivity contribution < 1.29 is 20.1 Å². The Labute approximate surface area is 435 Å². The molecule has 0 saturated heterocycles. The van der Waals surface area contributed by atoms with E-state index in [1.807, 2.05) is 91.8 Å². The molecule has 3 heterocycles. The molecule has 9 aromatic rings. The van der Waals surface area contributed by atoms with E-state index in [2.05, 4.69) is 202 Å². The number of aryl methyl sites for hydroxylation is 6. The van der Waals surface area contributed by atoms with Crippen LogP contribution in [0.25, 0.3) is 51.2 Å². The molecule has 360 valence electrons. The second-order valence-corrected chi connectivity index (χ2v) is 36.5. The molecule has 0 amide bonds. The van der Waals surface area contributed by atoms with Crippen LogP contribution >= 0.6 is 0 Å². The van der Waals surface area contributed by atoms with Crippen LogP contribution in [0.4, 0.5) is 0 Å². The van der Waals surface area contributed by atoms with E-state index in [1.165, 1.54) is 66.0 Å². The Morgan fingerprint density at radius 3 is 0.771 bits per heavy atom. The van der Waals surface area contributed by atoms with Crippen LogP contribution in [0.15, 0.2) is 146 Å². The second-order valence-electron chi connectivity index (χ2n) is 21.3. The fourth-order valence-corrected chi connectivity index (χ4v) is 12.9. The van der Waals surface area contributed by atoms with Gasteiger partial charge in [0.25, 0.3) is 0 Å². The molecule has 0 spiro atoms. The van der Waals surface area contributed by atoms with E-state index in [1.54, 1.807) is 0 Å². The van der Waals surface area contributed by atoms with Gasteiger partial charge >= 0.3 is 20.1 Å². The number of aromatic nitrogens is 6. The summed E-state index contributed by atoms with van der Waals surface area (Å²) in [4.78, 5) is 13.7. The number of nitrogens with zero attached hydrogens (tertiary/aromatic N) is 6. The summed E-state index contributed by atoms with van der Waals surface area (Å²) >= 11 is 0. The maximum Gasteiger partial charge on any atom is 3.00 e. The average molecular weight is 1150 g/mol. The summed E-state index contributed by atoms with van der Waals surface area (Å²) in [6.45, 7) is 34.7. The molecule has 0 atom stereocenters. The average Bonchev–Trinajstić information content (AvgIpc) is 4.09. The zero-order chi connectivity index (χ0) is 49.8. The number of hydrogen-bond donors (Lipinski definition) is 0. The van der Waals surface area contributed by atoms with E-state index < -0.39 is 24.2 Å². The van der Waals surface area contributed by atoms with Gasteiger partial charge in [-0.2, -0.15) is 0 Å². The number of hydrogen-bond acceptors (Lipinski definition) is 3. The largest absolute Gasteiger partial charge is 3.00 e. The maximum absolute atomic E-state index is 4.56. The van der Waals surface area contributed by atoms with Gasteiger partial charge in [-0.25, -0.2) is 0 Å². The monoisotopic (exact) mass is 1150 g/mol. The molecular formula is C60H69IrN6Si3. The van der Waals surface area contributed by atoms with E-state index in [9.17, 15) is 0 Å². The minimum atomic E-state index is -1.31. The predicted octanol–water partition coefficient (Wildman–Crippen LogP) is 13.5. The molecule has 0 radical (unpaired) electrons. The number of benzene rings is 6. The summed E-state index contributed by atoms with van der Waals surface area (Å²) in [5.74, 6) is 2.83. The molecule has 10 heteroatoms. The molecule has 70 heavy (non-hydrogen) atoms. The van der Waals surface area contributed by atoms with Crippen molar-refractivity contribution in [3.05, 3.63) is 198 Å². The van der Waals surface area contributed by atoms with Crippen molar-refractivity contribution in [2.45, 2.75) is 100 Å². The smallest absolute Gasteiger partial charge is 0.340 e. The van der Waals surface area contributed by atoms with Crippen LogP contribution in [0, 0.1) is 59.7 Å². The van der Waals surface area contributed by atoms with Crippen LogP contribution in [0.3, 0.4) is 0 Å². The third-order valence-corrected chi connectivity index (χ3v) is 18.6. The Kier molecular flexibility index (Phi) is 16.9. The topological polar surface area (TPSA) is 53.5 Å². The molecule has 6 aromatic carbocycles. The fraction of sp³-hybridized carbons (Fsp3) is 0.250. The molecule has 3 aromatic heterocycles. The van der Waals surface area contributed by atoms with E-state index in [-0.39, 0.29) is 20.1 Å². The van der Waals surface area contributed by atoms with Crippen LogP contribution in [-0.2, 0) is 20.1 Å². The maximum atomic E-state index is 4.56. The van der Waals surface area contributed by atoms with Crippen molar-refractivity contribution in [1.29, 1.82) is 0 Å². The van der Waals surface area contributed by atoms with Gasteiger partial charge in [0.1, 0.15) is 0 Å². The summed E-state index contributed by atoms with van der Waals surface area (Å²) in [6.07, 6.45) is 11.7. The second kappa shape index (κ2) is 22.1. The molecule has 0 unspecified atom stereocenters. The van der Waals surface area contributed by atoms with Crippen LogP contribution in [-0.4, -0.2) is 52.9 Å². The number of imidazole rings is 3. The van der Waals surface area contributed by atoms with Gasteiger partial charge in [0, 0.05) is 54.2 Å². The Balaban J connectivity index is 0.000000171. The normalized spacial score (nSPS) is 11.5. The third kappa shape index (κ3) is 12.2. The van der Waals surface area contributed by atoms with Crippen molar-refractivity contribution >= 4 is 39.8 Å². The molecular weight excluding hydrogens is 1080 g/mol. The SMILES string of the molecule is Cc1cc([Si](C)(C)C)cc(C)c1-n1ccnc1-c1[c-]cccc1.Cc1cc([Si](C)(C)C)cc(C)c1-n1ccnc1-c1[c-]cccc1.Cc1cc([Si](C)(C)C)cc(C)c1-n1ccnc1-c1[c-]cccc1.[Ir+3]. The van der Waals surface area contributed by atoms with Gasteiger partial charge in [-0.05, 0) is 74.9 Å². The summed E-state index contributed by atoms with van der Waals surface area (Å²) < 4.78 is 6.56. The first-order chi connectivity index (χ1) is 32.6. The fourth-order valence-electron chi connectivity index (χ4n) is 8.95. The number of rotatable bonds is 9. The van der Waals surface area contributed by atoms with Crippen LogP contribution in [0.5, 0.6) is 0 Å². The molecule has 9 rings (SSSR count). The van der Waals surface area contributed by atoms with E-state index in [0.29, 0.717) is 0 Å². The summed E-state index contributed by atoms with van der Waals surface area (Å²) in [6, 6.07) is 48.0. The molecule has 0 aliphatic heterocycles. The van der Waals surface area contributed by atoms with Crippen LogP contribution in [0.1, 0.15) is 33.4 Å². The quantitative estimate of drug-likeness (QED) is 0.107. The van der Waals surface area contributed by atoms with Gasteiger partial charge in [-0.1, -0.05) is 111 Å². The molecule has 6 nitrogen and oxygen atoms in total. The van der Waals surface area contributed by atoms with Crippen LogP contribution in [0.2, 0.25) is 58.9 Å². The Bertz CT molecular complexity index is 2760. The van der Waals surface area contributed by atoms with E-state index in [4.69, 9.17) is 0 Å². The van der Waals surface area contributed by atoms with Gasteiger partial charge in [0.2, 0.25) is 0 Å². The molecule has 0 bridgehead atoms. The summed E-state index contributed by atoms with van der Waals surface area (Å²) in [5, 5.41) is 4.51. The summed E-state index contributed by atoms with van der Waals surface area (Å²) in [5.41, 5.74) is 14.6. The van der Waals surface area contributed by atoms with Gasteiger partial charge in [0.15, 0.2) is 0 Å². The van der Waals surface area contributed by atoms with Gasteiger partial charge in [-0.3, -0.25) is 15.0 Å². The van der Waals surface area contributed by atoms with Gasteiger partial charge < -0.3 is 13.7 Å². The zero-order valence-electron chi connectivity index (χ0n) is 43.9. The molecule has 0 aliphatic carbocycles.